The van der Waals surface area contributed by atoms with Gasteiger partial charge in [0, 0.05) is 12.2 Å². The summed E-state index contributed by atoms with van der Waals surface area (Å²) in [6.45, 7) is 5.01. The summed E-state index contributed by atoms with van der Waals surface area (Å²) in [7, 11) is 0. The highest BCUT2D eigenvalue weighted by atomic mass is 14.9. The molecule has 0 spiro atoms. The Bertz CT molecular complexity index is 816. The minimum absolute atomic E-state index is 1.01. The zero-order valence-corrected chi connectivity index (χ0v) is 16.6. The molecule has 0 atom stereocenters. The Morgan fingerprint density at radius 3 is 2.11 bits per heavy atom. The second kappa shape index (κ2) is 12.5. The van der Waals surface area contributed by atoms with Crippen LogP contribution in [0.2, 0.25) is 0 Å². The van der Waals surface area contributed by atoms with E-state index in [1.54, 1.807) is 0 Å². The van der Waals surface area contributed by atoms with Crippen LogP contribution in [0.1, 0.15) is 32.3 Å². The zero-order chi connectivity index (χ0) is 19.2. The van der Waals surface area contributed by atoms with Gasteiger partial charge in [0.1, 0.15) is 0 Å². The molecule has 0 aromatic heterocycles. The van der Waals surface area contributed by atoms with E-state index in [0.717, 1.165) is 25.8 Å². The van der Waals surface area contributed by atoms with Crippen molar-refractivity contribution in [2.75, 3.05) is 11.9 Å². The Kier molecular flexibility index (Phi) is 9.52. The number of rotatable bonds is 5. The number of hydrogen-bond donors (Lipinski definition) is 1. The summed E-state index contributed by atoms with van der Waals surface area (Å²) in [5, 5.41) is 6.18. The summed E-state index contributed by atoms with van der Waals surface area (Å²) in [4.78, 5) is 0. The largest absolute Gasteiger partial charge is 0.385 e. The fourth-order valence-corrected chi connectivity index (χ4v) is 2.97. The van der Waals surface area contributed by atoms with Gasteiger partial charge in [-0.1, -0.05) is 98.8 Å². The lowest BCUT2D eigenvalue weighted by atomic mass is 10.0. The third kappa shape index (κ3) is 7.15. The monoisotopic (exact) mass is 357 g/mol. The highest BCUT2D eigenvalue weighted by Gasteiger charge is 1.99. The predicted molar refractivity (Wildman–Crippen MR) is 121 cm³/mol. The Hall–Kier alpha value is -2.80. The average molecular weight is 358 g/mol. The van der Waals surface area contributed by atoms with E-state index in [4.69, 9.17) is 0 Å². The van der Waals surface area contributed by atoms with Crippen LogP contribution >= 0.6 is 0 Å². The second-order valence-electron chi connectivity index (χ2n) is 6.13. The maximum absolute atomic E-state index is 3.46. The zero-order valence-electron chi connectivity index (χ0n) is 16.6. The molecule has 1 N–H and O–H groups in total. The third-order valence-corrected chi connectivity index (χ3v) is 4.26. The van der Waals surface area contributed by atoms with E-state index in [2.05, 4.69) is 96.4 Å². The molecule has 0 saturated carbocycles. The summed E-state index contributed by atoms with van der Waals surface area (Å²) in [6.07, 6.45) is 11.8. The molecule has 0 saturated heterocycles. The quantitative estimate of drug-likeness (QED) is 0.469. The van der Waals surface area contributed by atoms with Crippen molar-refractivity contribution in [1.82, 2.24) is 0 Å². The van der Waals surface area contributed by atoms with Crippen LogP contribution in [0.4, 0.5) is 5.69 Å². The van der Waals surface area contributed by atoms with E-state index in [0.29, 0.717) is 0 Å². The van der Waals surface area contributed by atoms with Gasteiger partial charge >= 0.3 is 0 Å². The number of benzene rings is 3. The number of anilines is 1. The molecule has 0 fully saturated rings. The fourth-order valence-electron chi connectivity index (χ4n) is 2.97. The van der Waals surface area contributed by atoms with Crippen molar-refractivity contribution in [3.63, 3.8) is 0 Å². The number of para-hydroxylation sites is 1. The first-order valence-electron chi connectivity index (χ1n) is 10.0. The van der Waals surface area contributed by atoms with Gasteiger partial charge in [-0.05, 0) is 47.7 Å². The molecule has 27 heavy (non-hydrogen) atoms. The maximum atomic E-state index is 3.46. The van der Waals surface area contributed by atoms with Gasteiger partial charge in [0.15, 0.2) is 0 Å². The van der Waals surface area contributed by atoms with Gasteiger partial charge in [0.05, 0.1) is 0 Å². The molecule has 3 aromatic rings. The highest BCUT2D eigenvalue weighted by molar-refractivity contribution is 5.85. The number of aryl methyl sites for hydroxylation is 1. The van der Waals surface area contributed by atoms with E-state index in [-0.39, 0.29) is 0 Å². The normalized spacial score (nSPS) is 11.3. The van der Waals surface area contributed by atoms with Crippen molar-refractivity contribution in [3.05, 3.63) is 103 Å². The van der Waals surface area contributed by atoms with Crippen molar-refractivity contribution in [3.8, 4) is 0 Å². The van der Waals surface area contributed by atoms with Gasteiger partial charge < -0.3 is 5.32 Å². The molecule has 0 aliphatic heterocycles. The van der Waals surface area contributed by atoms with Crippen LogP contribution in [-0.2, 0) is 6.42 Å². The molecule has 0 bridgehead atoms. The fraction of sp³-hybridized carbons (Fsp3) is 0.231. The van der Waals surface area contributed by atoms with E-state index in [1.165, 1.54) is 22.0 Å². The van der Waals surface area contributed by atoms with E-state index >= 15 is 0 Å². The van der Waals surface area contributed by atoms with Crippen molar-refractivity contribution in [2.45, 2.75) is 33.1 Å². The molecule has 0 radical (unpaired) electrons. The smallest absolute Gasteiger partial charge is 0.0340 e. The highest BCUT2D eigenvalue weighted by Crippen LogP contribution is 2.19. The summed E-state index contributed by atoms with van der Waals surface area (Å²) in [5.74, 6) is 0. The predicted octanol–water partition coefficient (Wildman–Crippen LogP) is 7.41. The molecule has 0 heterocycles. The molecule has 1 heteroatoms. The van der Waals surface area contributed by atoms with Crippen molar-refractivity contribution in [1.29, 1.82) is 0 Å². The number of allylic oxidation sites excluding steroid dienone is 4. The van der Waals surface area contributed by atoms with Gasteiger partial charge in [-0.25, -0.2) is 0 Å². The van der Waals surface area contributed by atoms with Crippen LogP contribution in [-0.4, -0.2) is 6.54 Å². The van der Waals surface area contributed by atoms with E-state index in [9.17, 15) is 0 Å². The van der Waals surface area contributed by atoms with Crippen LogP contribution < -0.4 is 5.32 Å². The lowest BCUT2D eigenvalue weighted by molar-refractivity contribution is 0.868. The standard InChI is InChI=1S/C19H19N.C5H6.C2H6/c1-2-12-18(13-3-1)20-15-7-11-17-10-6-9-16-8-4-5-14-19(16)17;1-2-4-5-3-1;1-2/h1-6,8-10,12-14,20H,7,11,15H2;1-4H,5H2;1-2H3. The third-order valence-electron chi connectivity index (χ3n) is 4.26. The Balaban J connectivity index is 0.000000318. The van der Waals surface area contributed by atoms with E-state index in [1.807, 2.05) is 19.9 Å². The lowest BCUT2D eigenvalue weighted by Crippen LogP contribution is -2.02. The second-order valence-corrected chi connectivity index (χ2v) is 6.13. The first-order valence-corrected chi connectivity index (χ1v) is 10.0. The minimum atomic E-state index is 1.01. The number of fused-ring (bicyclic) bond motifs is 1. The topological polar surface area (TPSA) is 12.0 Å². The molecule has 4 rings (SSSR count). The van der Waals surface area contributed by atoms with E-state index < -0.39 is 0 Å². The van der Waals surface area contributed by atoms with Crippen molar-refractivity contribution < 1.29 is 0 Å². The lowest BCUT2D eigenvalue weighted by Gasteiger charge is -2.08. The molecular formula is C26H31N. The summed E-state index contributed by atoms with van der Waals surface area (Å²) >= 11 is 0. The molecular weight excluding hydrogens is 326 g/mol. The van der Waals surface area contributed by atoms with Gasteiger partial charge in [-0.3, -0.25) is 0 Å². The van der Waals surface area contributed by atoms with Gasteiger partial charge in [-0.15, -0.1) is 0 Å². The van der Waals surface area contributed by atoms with Crippen LogP contribution in [0.25, 0.3) is 10.8 Å². The Labute approximate surface area is 164 Å². The molecule has 0 unspecified atom stereocenters. The number of hydrogen-bond acceptors (Lipinski definition) is 1. The molecule has 1 aliphatic rings. The molecule has 1 aliphatic carbocycles. The Morgan fingerprint density at radius 2 is 1.41 bits per heavy atom. The van der Waals surface area contributed by atoms with Crippen molar-refractivity contribution >= 4 is 16.5 Å². The summed E-state index contributed by atoms with van der Waals surface area (Å²) in [6, 6.07) is 25.6. The summed E-state index contributed by atoms with van der Waals surface area (Å²) in [5.41, 5.74) is 2.64. The molecule has 140 valence electrons. The summed E-state index contributed by atoms with van der Waals surface area (Å²) < 4.78 is 0. The van der Waals surface area contributed by atoms with Gasteiger partial charge in [0.25, 0.3) is 0 Å². The van der Waals surface area contributed by atoms with Crippen LogP contribution in [0.5, 0.6) is 0 Å². The van der Waals surface area contributed by atoms with Crippen LogP contribution in [0.3, 0.4) is 0 Å². The first-order chi connectivity index (χ1) is 13.4. The van der Waals surface area contributed by atoms with Gasteiger partial charge in [-0.2, -0.15) is 0 Å². The van der Waals surface area contributed by atoms with Crippen molar-refractivity contribution in [2.24, 2.45) is 0 Å². The molecule has 1 nitrogen and oxygen atoms in total. The first kappa shape index (κ1) is 20.5. The molecule has 3 aromatic carbocycles. The molecule has 0 amide bonds. The minimum Gasteiger partial charge on any atom is -0.385 e. The van der Waals surface area contributed by atoms with Crippen LogP contribution in [0, 0.1) is 0 Å². The van der Waals surface area contributed by atoms with Crippen LogP contribution in [0.15, 0.2) is 97.1 Å². The average Bonchev–Trinajstić information content (AvgIpc) is 3.34. The van der Waals surface area contributed by atoms with Gasteiger partial charge in [0.2, 0.25) is 0 Å². The maximum Gasteiger partial charge on any atom is 0.0340 e. The SMILES string of the molecule is C1=CCC=C1.CC.c1ccc(NCCCc2cccc3ccccc23)cc1. The Morgan fingerprint density at radius 1 is 0.741 bits per heavy atom. The number of nitrogens with one attached hydrogen (secondary N) is 1.